The Morgan fingerprint density at radius 3 is 2.68 bits per heavy atom. The van der Waals surface area contributed by atoms with Crippen LogP contribution in [0.15, 0.2) is 6.07 Å². The third-order valence-corrected chi connectivity index (χ3v) is 4.79. The van der Waals surface area contributed by atoms with Crippen LogP contribution in [0.1, 0.15) is 36.7 Å². The second-order valence-electron chi connectivity index (χ2n) is 6.63. The molecular weight excluding hydrogens is 280 g/mol. The van der Waals surface area contributed by atoms with Gasteiger partial charge in [0.05, 0.1) is 17.7 Å². The molecule has 1 aromatic rings. The summed E-state index contributed by atoms with van der Waals surface area (Å²) in [6.45, 7) is 6.11. The molecule has 6 nitrogen and oxygen atoms in total. The first-order valence-electron chi connectivity index (χ1n) is 8.01. The van der Waals surface area contributed by atoms with Crippen molar-refractivity contribution in [1.29, 1.82) is 0 Å². The summed E-state index contributed by atoms with van der Waals surface area (Å²) in [4.78, 5) is 27.9. The summed E-state index contributed by atoms with van der Waals surface area (Å²) in [7, 11) is 1.77. The molecule has 2 aliphatic rings. The molecule has 0 aromatic carbocycles. The van der Waals surface area contributed by atoms with Gasteiger partial charge in [-0.05, 0) is 32.8 Å². The van der Waals surface area contributed by atoms with E-state index in [0.29, 0.717) is 19.5 Å². The number of hydrogen-bond donors (Lipinski definition) is 0. The number of hydrogen-bond acceptors (Lipinski definition) is 3. The van der Waals surface area contributed by atoms with Crippen molar-refractivity contribution in [3.63, 3.8) is 0 Å². The predicted octanol–water partition coefficient (Wildman–Crippen LogP) is 1.14. The number of aromatic nitrogens is 2. The van der Waals surface area contributed by atoms with Gasteiger partial charge in [0.15, 0.2) is 0 Å². The lowest BCUT2D eigenvalue weighted by molar-refractivity contribution is -0.137. The van der Waals surface area contributed by atoms with E-state index >= 15 is 0 Å². The van der Waals surface area contributed by atoms with Crippen LogP contribution in [-0.2, 0) is 9.59 Å². The molecule has 120 valence electrons. The van der Waals surface area contributed by atoms with Crippen molar-refractivity contribution in [2.75, 3.05) is 26.7 Å². The van der Waals surface area contributed by atoms with E-state index in [9.17, 15) is 9.59 Å². The van der Waals surface area contributed by atoms with Crippen molar-refractivity contribution in [2.24, 2.45) is 5.92 Å². The zero-order valence-electron chi connectivity index (χ0n) is 13.6. The molecule has 2 atom stereocenters. The Balaban J connectivity index is 1.69. The van der Waals surface area contributed by atoms with E-state index in [1.54, 1.807) is 11.9 Å². The van der Waals surface area contributed by atoms with Crippen LogP contribution in [0, 0.1) is 19.8 Å². The maximum absolute atomic E-state index is 12.7. The number of carbonyl (C=O) groups excluding carboxylic acids is 2. The summed E-state index contributed by atoms with van der Waals surface area (Å²) in [6, 6.07) is 2.33. The first kappa shape index (κ1) is 15.1. The number of aryl methyl sites for hydroxylation is 2. The molecule has 2 saturated heterocycles. The first-order valence-corrected chi connectivity index (χ1v) is 8.01. The summed E-state index contributed by atoms with van der Waals surface area (Å²) in [5.74, 6) is 0.0334. The van der Waals surface area contributed by atoms with E-state index in [1.807, 2.05) is 11.8 Å². The molecule has 0 aliphatic carbocycles. The Morgan fingerprint density at radius 2 is 2.09 bits per heavy atom. The van der Waals surface area contributed by atoms with Crippen LogP contribution in [0.5, 0.6) is 0 Å². The highest BCUT2D eigenvalue weighted by Crippen LogP contribution is 2.26. The second-order valence-corrected chi connectivity index (χ2v) is 6.63. The summed E-state index contributed by atoms with van der Waals surface area (Å²) in [5.41, 5.74) is 2.16. The summed E-state index contributed by atoms with van der Waals surface area (Å²) in [5, 5.41) is 4.57. The predicted molar refractivity (Wildman–Crippen MR) is 82.3 cm³/mol. The van der Waals surface area contributed by atoms with E-state index in [4.69, 9.17) is 0 Å². The average molecular weight is 304 g/mol. The fourth-order valence-electron chi connectivity index (χ4n) is 3.66. The van der Waals surface area contributed by atoms with Crippen molar-refractivity contribution in [1.82, 2.24) is 19.6 Å². The molecule has 2 fully saturated rings. The van der Waals surface area contributed by atoms with Gasteiger partial charge in [-0.2, -0.15) is 5.10 Å². The molecule has 0 spiro atoms. The van der Waals surface area contributed by atoms with Gasteiger partial charge in [-0.3, -0.25) is 14.3 Å². The van der Waals surface area contributed by atoms with Crippen LogP contribution in [0.3, 0.4) is 0 Å². The van der Waals surface area contributed by atoms with Crippen LogP contribution in [0.25, 0.3) is 0 Å². The minimum atomic E-state index is -0.170. The quantitative estimate of drug-likeness (QED) is 0.823. The normalized spacial score (nSPS) is 25.9. The number of amides is 2. The maximum Gasteiger partial charge on any atom is 0.228 e. The fraction of sp³-hybridized carbons (Fsp3) is 0.688. The van der Waals surface area contributed by atoms with Crippen molar-refractivity contribution in [3.05, 3.63) is 17.5 Å². The second kappa shape index (κ2) is 5.74. The number of likely N-dealkylation sites (tertiary alicyclic amines) is 2. The summed E-state index contributed by atoms with van der Waals surface area (Å²) in [6.07, 6.45) is 2.40. The third-order valence-electron chi connectivity index (χ3n) is 4.79. The van der Waals surface area contributed by atoms with E-state index < -0.39 is 0 Å². The molecule has 3 rings (SSSR count). The number of rotatable bonds is 2. The van der Waals surface area contributed by atoms with Gasteiger partial charge in [-0.25, -0.2) is 0 Å². The maximum atomic E-state index is 12.7. The molecule has 22 heavy (non-hydrogen) atoms. The monoisotopic (exact) mass is 304 g/mol. The Labute approximate surface area is 131 Å². The number of carbonyl (C=O) groups is 2. The minimum absolute atomic E-state index is 0.0745. The van der Waals surface area contributed by atoms with Crippen LogP contribution in [-0.4, -0.2) is 58.1 Å². The highest BCUT2D eigenvalue weighted by atomic mass is 16.2. The van der Waals surface area contributed by atoms with Gasteiger partial charge in [0, 0.05) is 38.8 Å². The molecule has 3 heterocycles. The van der Waals surface area contributed by atoms with Crippen molar-refractivity contribution in [3.8, 4) is 0 Å². The average Bonchev–Trinajstić information content (AvgIpc) is 3.00. The van der Waals surface area contributed by atoms with E-state index in [-0.39, 0.29) is 23.8 Å². The Hall–Kier alpha value is -1.85. The zero-order chi connectivity index (χ0) is 15.9. The first-order chi connectivity index (χ1) is 10.5. The topological polar surface area (TPSA) is 58.4 Å². The van der Waals surface area contributed by atoms with Crippen LogP contribution < -0.4 is 0 Å². The molecule has 0 radical (unpaired) electrons. The highest BCUT2D eigenvalue weighted by Gasteiger charge is 2.36. The molecule has 0 unspecified atom stereocenters. The lowest BCUT2D eigenvalue weighted by Gasteiger charge is -2.34. The Bertz CT molecular complexity index is 595. The van der Waals surface area contributed by atoms with Gasteiger partial charge >= 0.3 is 0 Å². The van der Waals surface area contributed by atoms with Gasteiger partial charge in [-0.1, -0.05) is 0 Å². The summed E-state index contributed by atoms with van der Waals surface area (Å²) < 4.78 is 2.06. The molecule has 2 aliphatic heterocycles. The van der Waals surface area contributed by atoms with Gasteiger partial charge in [0.2, 0.25) is 11.8 Å². The molecular formula is C16H24N4O2. The van der Waals surface area contributed by atoms with Crippen molar-refractivity contribution >= 4 is 11.8 Å². The summed E-state index contributed by atoms with van der Waals surface area (Å²) >= 11 is 0. The van der Waals surface area contributed by atoms with E-state index in [2.05, 4.69) is 22.8 Å². The standard InChI is InChI=1S/C16H24N4O2/c1-11-7-12(2)20(17-11)14-5-4-6-19(10-14)16(22)13-8-15(21)18(3)9-13/h7,13-14H,4-6,8-10H2,1-3H3/t13-,14-/m0/s1. The lowest BCUT2D eigenvalue weighted by Crippen LogP contribution is -2.44. The smallest absolute Gasteiger partial charge is 0.228 e. The van der Waals surface area contributed by atoms with Crippen LogP contribution in [0.4, 0.5) is 0 Å². The van der Waals surface area contributed by atoms with E-state index in [1.165, 1.54) is 0 Å². The number of piperidine rings is 1. The Kier molecular flexibility index (Phi) is 3.93. The van der Waals surface area contributed by atoms with Crippen molar-refractivity contribution < 1.29 is 9.59 Å². The molecule has 6 heteroatoms. The van der Waals surface area contributed by atoms with Gasteiger partial charge in [0.1, 0.15) is 0 Å². The van der Waals surface area contributed by atoms with Gasteiger partial charge in [-0.15, -0.1) is 0 Å². The Morgan fingerprint density at radius 1 is 1.32 bits per heavy atom. The molecule has 2 amide bonds. The molecule has 0 N–H and O–H groups in total. The van der Waals surface area contributed by atoms with Crippen molar-refractivity contribution in [2.45, 2.75) is 39.2 Å². The number of nitrogens with zero attached hydrogens (tertiary/aromatic N) is 4. The molecule has 0 bridgehead atoms. The molecule has 0 saturated carbocycles. The minimum Gasteiger partial charge on any atom is -0.345 e. The van der Waals surface area contributed by atoms with Gasteiger partial charge in [0.25, 0.3) is 0 Å². The fourth-order valence-corrected chi connectivity index (χ4v) is 3.66. The SMILES string of the molecule is Cc1cc(C)n([C@H]2CCCN(C(=O)[C@H]3CC(=O)N(C)C3)C2)n1. The largest absolute Gasteiger partial charge is 0.345 e. The molecule has 1 aromatic heterocycles. The zero-order valence-corrected chi connectivity index (χ0v) is 13.6. The van der Waals surface area contributed by atoms with Crippen LogP contribution in [0.2, 0.25) is 0 Å². The lowest BCUT2D eigenvalue weighted by atomic mass is 10.0. The van der Waals surface area contributed by atoms with Crippen LogP contribution >= 0.6 is 0 Å². The third kappa shape index (κ3) is 2.74. The highest BCUT2D eigenvalue weighted by molar-refractivity contribution is 5.89. The van der Waals surface area contributed by atoms with E-state index in [0.717, 1.165) is 30.8 Å². The van der Waals surface area contributed by atoms with Gasteiger partial charge < -0.3 is 9.80 Å².